The third-order valence-electron chi connectivity index (χ3n) is 4.17. The Hall–Kier alpha value is -2.78. The van der Waals surface area contributed by atoms with E-state index in [2.05, 4.69) is 9.97 Å². The summed E-state index contributed by atoms with van der Waals surface area (Å²) < 4.78 is 53.8. The van der Waals surface area contributed by atoms with Gasteiger partial charge in [0.1, 0.15) is 5.03 Å². The lowest BCUT2D eigenvalue weighted by atomic mass is 10.2. The zero-order chi connectivity index (χ0) is 20.4. The number of furan rings is 1. The number of thioether (sulfide) groups is 1. The van der Waals surface area contributed by atoms with Gasteiger partial charge >= 0.3 is 5.76 Å². The Morgan fingerprint density at radius 1 is 0.966 bits per heavy atom. The molecule has 0 saturated heterocycles. The molecule has 2 aromatic carbocycles. The third kappa shape index (κ3) is 4.01. The molecule has 0 saturated carbocycles. The van der Waals surface area contributed by atoms with Crippen molar-refractivity contribution in [2.24, 2.45) is 0 Å². The molecule has 0 atom stereocenters. The number of sulfone groups is 1. The highest BCUT2D eigenvalue weighted by Crippen LogP contribution is 2.31. The van der Waals surface area contributed by atoms with Crippen LogP contribution >= 0.6 is 11.8 Å². The van der Waals surface area contributed by atoms with Gasteiger partial charge in [0.15, 0.2) is 11.6 Å². The lowest BCUT2D eigenvalue weighted by Gasteiger charge is -2.08. The number of halogens is 2. The normalized spacial score (nSPS) is 12.0. The lowest BCUT2D eigenvalue weighted by molar-refractivity contribution is 0.234. The highest BCUT2D eigenvalue weighted by Gasteiger charge is 2.26. The van der Waals surface area contributed by atoms with Gasteiger partial charge in [-0.25, -0.2) is 18.4 Å². The van der Waals surface area contributed by atoms with Crippen LogP contribution in [0.25, 0.3) is 22.5 Å². The van der Waals surface area contributed by atoms with Crippen LogP contribution in [0.4, 0.5) is 8.78 Å². The quantitative estimate of drug-likeness (QED) is 0.309. The van der Waals surface area contributed by atoms with Crippen molar-refractivity contribution in [3.8, 4) is 11.6 Å². The second kappa shape index (κ2) is 7.92. The van der Waals surface area contributed by atoms with Crippen molar-refractivity contribution in [3.05, 3.63) is 72.5 Å². The molecule has 5 nitrogen and oxygen atoms in total. The Labute approximate surface area is 169 Å². The van der Waals surface area contributed by atoms with Gasteiger partial charge in [0.2, 0.25) is 9.84 Å². The first-order valence-corrected chi connectivity index (χ1v) is 11.0. The highest BCUT2D eigenvalue weighted by molar-refractivity contribution is 7.98. The molecule has 0 radical (unpaired) electrons. The van der Waals surface area contributed by atoms with Crippen molar-refractivity contribution < 1.29 is 21.6 Å². The fourth-order valence-electron chi connectivity index (χ4n) is 2.70. The van der Waals surface area contributed by atoms with Crippen LogP contribution < -0.4 is 0 Å². The van der Waals surface area contributed by atoms with Crippen molar-refractivity contribution in [1.82, 2.24) is 9.97 Å². The van der Waals surface area contributed by atoms with Crippen LogP contribution in [0.3, 0.4) is 0 Å². The summed E-state index contributed by atoms with van der Waals surface area (Å²) in [5, 5.41) is 1.62. The van der Waals surface area contributed by atoms with Crippen LogP contribution in [0.5, 0.6) is 0 Å². The van der Waals surface area contributed by atoms with E-state index in [1.165, 1.54) is 36.0 Å². The number of hydrogen-bond acceptors (Lipinski definition) is 6. The molecule has 9 heteroatoms. The summed E-state index contributed by atoms with van der Waals surface area (Å²) in [5.74, 6) is -1.93. The van der Waals surface area contributed by atoms with Gasteiger partial charge < -0.3 is 4.42 Å². The largest absolute Gasteiger partial charge is 0.461 e. The van der Waals surface area contributed by atoms with Gasteiger partial charge in [-0.1, -0.05) is 30.3 Å². The monoisotopic (exact) mass is 432 g/mol. The van der Waals surface area contributed by atoms with Gasteiger partial charge in [0, 0.05) is 11.1 Å². The molecule has 0 spiro atoms. The van der Waals surface area contributed by atoms with Crippen LogP contribution in [0.1, 0.15) is 5.56 Å². The Morgan fingerprint density at radius 2 is 1.72 bits per heavy atom. The van der Waals surface area contributed by atoms with E-state index in [0.29, 0.717) is 17.3 Å². The van der Waals surface area contributed by atoms with Crippen LogP contribution in [0.2, 0.25) is 0 Å². The number of fused-ring (bicyclic) bond motifs is 1. The van der Waals surface area contributed by atoms with E-state index in [1.807, 2.05) is 24.3 Å². The Kier molecular flexibility index (Phi) is 5.33. The van der Waals surface area contributed by atoms with E-state index in [0.717, 1.165) is 21.5 Å². The Morgan fingerprint density at radius 3 is 2.41 bits per heavy atom. The summed E-state index contributed by atoms with van der Waals surface area (Å²) in [4.78, 5) is 8.74. The average Bonchev–Trinajstić information content (AvgIpc) is 3.27. The summed E-state index contributed by atoms with van der Waals surface area (Å²) in [6.07, 6.45) is 1.55. The molecule has 0 N–H and O–H groups in total. The first kappa shape index (κ1) is 19.5. The van der Waals surface area contributed by atoms with E-state index >= 15 is 0 Å². The van der Waals surface area contributed by atoms with Crippen molar-refractivity contribution in [2.75, 3.05) is 0 Å². The number of alkyl halides is 2. The van der Waals surface area contributed by atoms with Crippen LogP contribution in [-0.2, 0) is 15.6 Å². The van der Waals surface area contributed by atoms with E-state index in [-0.39, 0.29) is 0 Å². The fourth-order valence-corrected chi connectivity index (χ4v) is 4.40. The SMILES string of the molecule is O=S(=O)(c1ccc(CSc2nc(-c3ccco3)nc3ccccc23)cc1)C(F)F. The number of para-hydroxylation sites is 1. The second-order valence-electron chi connectivity index (χ2n) is 6.09. The molecular weight excluding hydrogens is 418 g/mol. The Bertz CT molecular complexity index is 1240. The molecule has 0 bridgehead atoms. The fraction of sp³-hybridized carbons (Fsp3) is 0.100. The molecule has 0 aliphatic carbocycles. The molecule has 2 heterocycles. The molecular formula is C20H14F2N2O3S2. The molecule has 29 heavy (non-hydrogen) atoms. The summed E-state index contributed by atoms with van der Waals surface area (Å²) >= 11 is 1.44. The molecule has 0 amide bonds. The second-order valence-corrected chi connectivity index (χ2v) is 8.97. The van der Waals surface area contributed by atoms with Crippen molar-refractivity contribution >= 4 is 32.5 Å². The molecule has 0 unspecified atom stereocenters. The van der Waals surface area contributed by atoms with Crippen molar-refractivity contribution in [1.29, 1.82) is 0 Å². The first-order valence-electron chi connectivity index (χ1n) is 8.49. The number of hydrogen-bond donors (Lipinski definition) is 0. The smallest absolute Gasteiger partial charge is 0.341 e. The average molecular weight is 432 g/mol. The molecule has 2 aromatic heterocycles. The van der Waals surface area contributed by atoms with Crippen LogP contribution in [-0.4, -0.2) is 24.1 Å². The topological polar surface area (TPSA) is 73.1 Å². The number of nitrogens with zero attached hydrogens (tertiary/aromatic N) is 2. The van der Waals surface area contributed by atoms with Gasteiger partial charge in [-0.05, 0) is 35.9 Å². The van der Waals surface area contributed by atoms with Gasteiger partial charge in [-0.15, -0.1) is 11.8 Å². The van der Waals surface area contributed by atoms with Gasteiger partial charge in [-0.2, -0.15) is 8.78 Å². The third-order valence-corrected chi connectivity index (χ3v) is 6.63. The van der Waals surface area contributed by atoms with Crippen molar-refractivity contribution in [3.63, 3.8) is 0 Å². The molecule has 0 aliphatic heterocycles. The molecule has 0 fully saturated rings. The lowest BCUT2D eigenvalue weighted by Crippen LogP contribution is -2.11. The van der Waals surface area contributed by atoms with Crippen LogP contribution in [0.15, 0.2) is 81.3 Å². The summed E-state index contributed by atoms with van der Waals surface area (Å²) in [5.41, 5.74) is 1.56. The van der Waals surface area contributed by atoms with Gasteiger partial charge in [0.05, 0.1) is 16.7 Å². The van der Waals surface area contributed by atoms with E-state index < -0.39 is 20.5 Å². The van der Waals surface area contributed by atoms with Gasteiger partial charge in [-0.3, -0.25) is 0 Å². The summed E-state index contributed by atoms with van der Waals surface area (Å²) in [7, 11) is -4.59. The van der Waals surface area contributed by atoms with Crippen molar-refractivity contribution in [2.45, 2.75) is 21.4 Å². The minimum atomic E-state index is -4.59. The predicted molar refractivity (Wildman–Crippen MR) is 106 cm³/mol. The minimum absolute atomic E-state index is 0.395. The maximum atomic E-state index is 12.7. The molecule has 4 rings (SSSR count). The maximum absolute atomic E-state index is 12.7. The highest BCUT2D eigenvalue weighted by atomic mass is 32.2. The van der Waals surface area contributed by atoms with Gasteiger partial charge in [0.25, 0.3) is 0 Å². The zero-order valence-corrected chi connectivity index (χ0v) is 16.5. The maximum Gasteiger partial charge on any atom is 0.341 e. The molecule has 0 aliphatic rings. The summed E-state index contributed by atoms with van der Waals surface area (Å²) in [6.45, 7) is 0. The van der Waals surface area contributed by atoms with E-state index in [9.17, 15) is 17.2 Å². The number of aromatic nitrogens is 2. The Balaban J connectivity index is 1.61. The number of rotatable bonds is 6. The zero-order valence-electron chi connectivity index (χ0n) is 14.8. The molecule has 4 aromatic rings. The minimum Gasteiger partial charge on any atom is -0.461 e. The first-order chi connectivity index (χ1) is 13.9. The number of benzene rings is 2. The summed E-state index contributed by atoms with van der Waals surface area (Å²) in [6, 6.07) is 16.6. The van der Waals surface area contributed by atoms with Crippen LogP contribution in [0, 0.1) is 0 Å². The van der Waals surface area contributed by atoms with E-state index in [4.69, 9.17) is 4.42 Å². The standard InChI is InChI=1S/C20H14F2N2O3S2/c21-20(22)29(25,26)14-9-7-13(8-10-14)12-28-19-15-4-1-2-5-16(15)23-18(24-19)17-6-3-11-27-17/h1-11,20H,12H2. The molecule has 148 valence electrons. The predicted octanol–water partition coefficient (Wildman–Crippen LogP) is 5.18. The van der Waals surface area contributed by atoms with E-state index in [1.54, 1.807) is 18.4 Å².